The molecule has 1 heteroatoms. The summed E-state index contributed by atoms with van der Waals surface area (Å²) >= 11 is 0. The van der Waals surface area contributed by atoms with E-state index in [9.17, 15) is 0 Å². The highest BCUT2D eigenvalue weighted by atomic mass is 14.9. The van der Waals surface area contributed by atoms with Crippen molar-refractivity contribution in [3.63, 3.8) is 0 Å². The molecule has 2 bridgehead atoms. The molecule has 0 aromatic rings. The zero-order valence-corrected chi connectivity index (χ0v) is 12.3. The Labute approximate surface area is 108 Å². The van der Waals surface area contributed by atoms with Crippen LogP contribution in [0.15, 0.2) is 0 Å². The predicted molar refractivity (Wildman–Crippen MR) is 75.1 cm³/mol. The van der Waals surface area contributed by atoms with Crippen molar-refractivity contribution in [2.45, 2.75) is 71.8 Å². The molecular formula is C16H31N. The summed E-state index contributed by atoms with van der Waals surface area (Å²) in [6.45, 7) is 10.4. The summed E-state index contributed by atoms with van der Waals surface area (Å²) < 4.78 is 0. The Bertz CT molecular complexity index is 240. The second-order valence-corrected chi connectivity index (χ2v) is 7.58. The van der Waals surface area contributed by atoms with Crippen LogP contribution in [-0.2, 0) is 0 Å². The van der Waals surface area contributed by atoms with Gasteiger partial charge in [0, 0.05) is 5.54 Å². The van der Waals surface area contributed by atoms with Crippen molar-refractivity contribution >= 4 is 0 Å². The van der Waals surface area contributed by atoms with E-state index in [1.807, 2.05) is 0 Å². The third-order valence-electron chi connectivity index (χ3n) is 5.02. The normalized spacial score (nSPS) is 34.2. The lowest BCUT2D eigenvalue weighted by molar-refractivity contribution is 0.247. The minimum absolute atomic E-state index is 0.280. The largest absolute Gasteiger partial charge is 0.312 e. The van der Waals surface area contributed by atoms with Gasteiger partial charge in [0.15, 0.2) is 0 Å². The van der Waals surface area contributed by atoms with Crippen LogP contribution in [0.3, 0.4) is 0 Å². The standard InChI is InChI=1S/C16H31N/c1-5-12(11-17-16(2,3)4)8-15-10-13-6-7-14(15)9-13/h12-15,17H,5-11H2,1-4H3. The lowest BCUT2D eigenvalue weighted by Gasteiger charge is -2.29. The lowest BCUT2D eigenvalue weighted by atomic mass is 9.81. The van der Waals surface area contributed by atoms with Crippen LogP contribution < -0.4 is 5.32 Å². The molecule has 2 fully saturated rings. The Balaban J connectivity index is 1.76. The van der Waals surface area contributed by atoms with Gasteiger partial charge in [0.1, 0.15) is 0 Å². The average Bonchev–Trinajstić information content (AvgIpc) is 2.84. The van der Waals surface area contributed by atoms with E-state index in [0.29, 0.717) is 0 Å². The third-order valence-corrected chi connectivity index (χ3v) is 5.02. The minimum atomic E-state index is 0.280. The van der Waals surface area contributed by atoms with E-state index in [1.54, 1.807) is 19.3 Å². The van der Waals surface area contributed by atoms with E-state index < -0.39 is 0 Å². The molecule has 4 unspecified atom stereocenters. The Morgan fingerprint density at radius 1 is 1.18 bits per heavy atom. The summed E-state index contributed by atoms with van der Waals surface area (Å²) in [7, 11) is 0. The first-order valence-corrected chi connectivity index (χ1v) is 7.73. The average molecular weight is 237 g/mol. The first-order valence-electron chi connectivity index (χ1n) is 7.73. The smallest absolute Gasteiger partial charge is 0.00966 e. The summed E-state index contributed by atoms with van der Waals surface area (Å²) in [4.78, 5) is 0. The molecule has 2 rings (SSSR count). The molecule has 100 valence electrons. The van der Waals surface area contributed by atoms with Crippen LogP contribution in [-0.4, -0.2) is 12.1 Å². The highest BCUT2D eigenvalue weighted by Crippen LogP contribution is 2.50. The molecule has 0 heterocycles. The van der Waals surface area contributed by atoms with Crippen LogP contribution in [0.1, 0.15) is 66.2 Å². The zero-order chi connectivity index (χ0) is 12.5. The summed E-state index contributed by atoms with van der Waals surface area (Å²) in [5.41, 5.74) is 0.280. The van der Waals surface area contributed by atoms with Gasteiger partial charge in [0.2, 0.25) is 0 Å². The fourth-order valence-corrected chi connectivity index (χ4v) is 3.94. The molecule has 0 radical (unpaired) electrons. The molecule has 1 nitrogen and oxygen atoms in total. The topological polar surface area (TPSA) is 12.0 Å². The van der Waals surface area contributed by atoms with Gasteiger partial charge in [-0.1, -0.05) is 19.8 Å². The van der Waals surface area contributed by atoms with Crippen molar-refractivity contribution in [2.75, 3.05) is 6.54 Å². The van der Waals surface area contributed by atoms with Crippen LogP contribution in [0, 0.1) is 23.7 Å². The van der Waals surface area contributed by atoms with Crippen LogP contribution in [0.4, 0.5) is 0 Å². The number of hydrogen-bond donors (Lipinski definition) is 1. The van der Waals surface area contributed by atoms with Crippen molar-refractivity contribution in [3.8, 4) is 0 Å². The van der Waals surface area contributed by atoms with Crippen LogP contribution in [0.2, 0.25) is 0 Å². The highest BCUT2D eigenvalue weighted by molar-refractivity contribution is 4.91. The summed E-state index contributed by atoms with van der Waals surface area (Å²) in [5.74, 6) is 4.18. The number of fused-ring (bicyclic) bond motifs is 2. The van der Waals surface area contributed by atoms with Crippen LogP contribution >= 0.6 is 0 Å². The second kappa shape index (κ2) is 5.30. The third kappa shape index (κ3) is 3.71. The molecule has 2 saturated carbocycles. The number of rotatable bonds is 5. The fraction of sp³-hybridized carbons (Fsp3) is 1.00. The first kappa shape index (κ1) is 13.4. The van der Waals surface area contributed by atoms with Gasteiger partial charge in [-0.25, -0.2) is 0 Å². The van der Waals surface area contributed by atoms with Gasteiger partial charge in [-0.3, -0.25) is 0 Å². The fourth-order valence-electron chi connectivity index (χ4n) is 3.94. The zero-order valence-electron chi connectivity index (χ0n) is 12.3. The second-order valence-electron chi connectivity index (χ2n) is 7.58. The molecule has 0 spiro atoms. The van der Waals surface area contributed by atoms with Gasteiger partial charge in [-0.2, -0.15) is 0 Å². The Hall–Kier alpha value is -0.0400. The lowest BCUT2D eigenvalue weighted by Crippen LogP contribution is -2.39. The molecular weight excluding hydrogens is 206 g/mol. The molecule has 0 amide bonds. The molecule has 2 aliphatic rings. The summed E-state index contributed by atoms with van der Waals surface area (Å²) in [6, 6.07) is 0. The molecule has 0 aromatic carbocycles. The van der Waals surface area contributed by atoms with Gasteiger partial charge in [-0.05, 0) is 76.7 Å². The van der Waals surface area contributed by atoms with Crippen molar-refractivity contribution in [3.05, 3.63) is 0 Å². The van der Waals surface area contributed by atoms with Crippen molar-refractivity contribution in [1.82, 2.24) is 5.32 Å². The monoisotopic (exact) mass is 237 g/mol. The molecule has 0 aliphatic heterocycles. The molecule has 2 aliphatic carbocycles. The number of nitrogens with one attached hydrogen (secondary N) is 1. The molecule has 1 N–H and O–H groups in total. The van der Waals surface area contributed by atoms with Gasteiger partial charge < -0.3 is 5.32 Å². The molecule has 4 atom stereocenters. The van der Waals surface area contributed by atoms with Crippen molar-refractivity contribution < 1.29 is 0 Å². The van der Waals surface area contributed by atoms with Gasteiger partial charge in [0.05, 0.1) is 0 Å². The van der Waals surface area contributed by atoms with Crippen molar-refractivity contribution in [2.24, 2.45) is 23.7 Å². The summed E-state index contributed by atoms with van der Waals surface area (Å²) in [6.07, 6.45) is 9.03. The van der Waals surface area contributed by atoms with E-state index >= 15 is 0 Å². The Morgan fingerprint density at radius 2 is 1.94 bits per heavy atom. The summed E-state index contributed by atoms with van der Waals surface area (Å²) in [5, 5.41) is 3.69. The Morgan fingerprint density at radius 3 is 2.41 bits per heavy atom. The van der Waals surface area contributed by atoms with Crippen LogP contribution in [0.25, 0.3) is 0 Å². The van der Waals surface area contributed by atoms with E-state index in [0.717, 1.165) is 23.7 Å². The van der Waals surface area contributed by atoms with Crippen LogP contribution in [0.5, 0.6) is 0 Å². The maximum Gasteiger partial charge on any atom is 0.00966 e. The Kier molecular flexibility index (Phi) is 4.18. The maximum atomic E-state index is 3.69. The van der Waals surface area contributed by atoms with Crippen molar-refractivity contribution in [1.29, 1.82) is 0 Å². The predicted octanol–water partition coefficient (Wildman–Crippen LogP) is 4.23. The van der Waals surface area contributed by atoms with E-state index in [-0.39, 0.29) is 5.54 Å². The maximum absolute atomic E-state index is 3.69. The molecule has 0 saturated heterocycles. The van der Waals surface area contributed by atoms with E-state index in [1.165, 1.54) is 25.8 Å². The molecule has 0 aromatic heterocycles. The number of hydrogen-bond acceptors (Lipinski definition) is 1. The van der Waals surface area contributed by atoms with E-state index in [2.05, 4.69) is 33.0 Å². The highest BCUT2D eigenvalue weighted by Gasteiger charge is 2.39. The first-order chi connectivity index (χ1) is 7.98. The van der Waals surface area contributed by atoms with E-state index in [4.69, 9.17) is 0 Å². The van der Waals surface area contributed by atoms with Gasteiger partial charge in [0.25, 0.3) is 0 Å². The quantitative estimate of drug-likeness (QED) is 0.754. The SMILES string of the molecule is CCC(CNC(C)(C)C)CC1CC2CCC1C2. The van der Waals surface area contributed by atoms with Gasteiger partial charge >= 0.3 is 0 Å². The molecule has 17 heavy (non-hydrogen) atoms. The van der Waals surface area contributed by atoms with Gasteiger partial charge in [-0.15, -0.1) is 0 Å². The minimum Gasteiger partial charge on any atom is -0.312 e.